The van der Waals surface area contributed by atoms with Crippen molar-refractivity contribution in [2.24, 2.45) is 0 Å². The van der Waals surface area contributed by atoms with E-state index >= 15 is 0 Å². The van der Waals surface area contributed by atoms with E-state index in [2.05, 4.69) is 51.2 Å². The minimum Gasteiger partial charge on any atom is -0.366 e. The minimum atomic E-state index is 0.267. The van der Waals surface area contributed by atoms with Crippen LogP contribution in [0, 0.1) is 0 Å². The first-order valence-corrected chi connectivity index (χ1v) is 9.23. The van der Waals surface area contributed by atoms with E-state index in [1.807, 2.05) is 19.1 Å². The predicted molar refractivity (Wildman–Crippen MR) is 106 cm³/mol. The van der Waals surface area contributed by atoms with Gasteiger partial charge in [0.25, 0.3) is 0 Å². The van der Waals surface area contributed by atoms with Crippen LogP contribution in [0.15, 0.2) is 24.3 Å². The molecule has 1 aromatic heterocycles. The number of rotatable bonds is 5. The third kappa shape index (κ3) is 3.97. The highest BCUT2D eigenvalue weighted by molar-refractivity contribution is 6.30. The monoisotopic (exact) mass is 373 g/mol. The number of likely N-dealkylation sites (N-methyl/N-ethyl adjacent to an activating group) is 1. The molecule has 0 radical (unpaired) electrons. The summed E-state index contributed by atoms with van der Waals surface area (Å²) < 4.78 is 0. The van der Waals surface area contributed by atoms with Crippen molar-refractivity contribution in [3.8, 4) is 0 Å². The van der Waals surface area contributed by atoms with Gasteiger partial charge in [-0.1, -0.05) is 18.5 Å². The van der Waals surface area contributed by atoms with Crippen LogP contribution in [-0.2, 0) is 6.42 Å². The molecule has 1 aliphatic heterocycles. The van der Waals surface area contributed by atoms with Gasteiger partial charge in [0.1, 0.15) is 5.69 Å². The molecule has 0 aliphatic carbocycles. The molecule has 7 heteroatoms. The lowest BCUT2D eigenvalue weighted by molar-refractivity contribution is 0.111. The Balaban J connectivity index is 1.78. The van der Waals surface area contributed by atoms with Gasteiger partial charge in [0.05, 0.1) is 5.69 Å². The van der Waals surface area contributed by atoms with Crippen LogP contribution in [0.3, 0.4) is 0 Å². The molecule has 0 bridgehead atoms. The van der Waals surface area contributed by atoms with Gasteiger partial charge in [-0.3, -0.25) is 4.79 Å². The molecule has 2 heterocycles. The van der Waals surface area contributed by atoms with E-state index in [4.69, 9.17) is 11.6 Å². The van der Waals surface area contributed by atoms with Crippen molar-refractivity contribution < 1.29 is 4.79 Å². The number of nitrogens with one attached hydrogen (secondary N) is 1. The maximum absolute atomic E-state index is 11.3. The zero-order valence-corrected chi connectivity index (χ0v) is 16.1. The van der Waals surface area contributed by atoms with E-state index in [0.717, 1.165) is 25.3 Å². The van der Waals surface area contributed by atoms with Gasteiger partial charge < -0.3 is 15.1 Å². The van der Waals surface area contributed by atoms with Gasteiger partial charge in [-0.15, -0.1) is 0 Å². The van der Waals surface area contributed by atoms with Crippen molar-refractivity contribution >= 4 is 35.1 Å². The lowest BCUT2D eigenvalue weighted by Gasteiger charge is -2.39. The van der Waals surface area contributed by atoms with Gasteiger partial charge in [-0.2, -0.15) is 0 Å². The van der Waals surface area contributed by atoms with Gasteiger partial charge in [0, 0.05) is 37.1 Å². The summed E-state index contributed by atoms with van der Waals surface area (Å²) in [4.78, 5) is 24.6. The van der Waals surface area contributed by atoms with Crippen LogP contribution in [0.25, 0.3) is 0 Å². The normalized spacial score (nSPS) is 18.0. The number of piperazine rings is 1. The fourth-order valence-corrected chi connectivity index (χ4v) is 3.52. The zero-order valence-electron chi connectivity index (χ0n) is 15.4. The first kappa shape index (κ1) is 18.6. The molecule has 2 aromatic rings. The first-order valence-electron chi connectivity index (χ1n) is 8.85. The topological polar surface area (TPSA) is 61.4 Å². The maximum atomic E-state index is 11.3. The van der Waals surface area contributed by atoms with Crippen LogP contribution in [0.5, 0.6) is 0 Å². The molecule has 1 saturated heterocycles. The van der Waals surface area contributed by atoms with E-state index in [-0.39, 0.29) is 5.69 Å². The third-order valence-electron chi connectivity index (χ3n) is 4.68. The summed E-state index contributed by atoms with van der Waals surface area (Å²) in [5.41, 5.74) is 2.92. The highest BCUT2D eigenvalue weighted by Crippen LogP contribution is 2.25. The molecular weight excluding hydrogens is 350 g/mol. The fraction of sp³-hybridized carbons (Fsp3) is 0.421. The number of benzene rings is 1. The van der Waals surface area contributed by atoms with Crippen LogP contribution < -0.4 is 10.2 Å². The molecule has 138 valence electrons. The standard InChI is InChI=1S/C19H24ClN5O/c1-4-16-18(20)23-19(17(12-26)22-16)21-14-5-7-15(8-6-14)25-10-9-24(3)11-13(25)2/h5-8,12-13H,4,9-11H2,1-3H3,(H,21,23)/t13-/m0/s1. The Hall–Kier alpha value is -2.18. The molecule has 1 N–H and O–H groups in total. The second-order valence-electron chi connectivity index (χ2n) is 6.64. The molecule has 1 aromatic carbocycles. The van der Waals surface area contributed by atoms with Crippen LogP contribution in [0.2, 0.25) is 5.15 Å². The number of halogens is 1. The van der Waals surface area contributed by atoms with Crippen molar-refractivity contribution in [3.05, 3.63) is 40.8 Å². The summed E-state index contributed by atoms with van der Waals surface area (Å²) >= 11 is 6.14. The lowest BCUT2D eigenvalue weighted by Crippen LogP contribution is -2.50. The number of aldehydes is 1. The van der Waals surface area contributed by atoms with Gasteiger partial charge in [-0.25, -0.2) is 9.97 Å². The van der Waals surface area contributed by atoms with Crippen molar-refractivity contribution in [1.82, 2.24) is 14.9 Å². The van der Waals surface area contributed by atoms with Gasteiger partial charge in [-0.05, 0) is 44.7 Å². The Bertz CT molecular complexity index is 780. The molecule has 0 saturated carbocycles. The first-order chi connectivity index (χ1) is 12.5. The van der Waals surface area contributed by atoms with Gasteiger partial charge in [0.2, 0.25) is 0 Å². The molecule has 26 heavy (non-hydrogen) atoms. The van der Waals surface area contributed by atoms with Gasteiger partial charge >= 0.3 is 0 Å². The predicted octanol–water partition coefficient (Wildman–Crippen LogP) is 3.39. The lowest BCUT2D eigenvalue weighted by atomic mass is 10.1. The Morgan fingerprint density at radius 1 is 1.27 bits per heavy atom. The molecule has 0 amide bonds. The average Bonchev–Trinajstić information content (AvgIpc) is 2.63. The fourth-order valence-electron chi connectivity index (χ4n) is 3.26. The maximum Gasteiger partial charge on any atom is 0.172 e. The number of hydrogen-bond donors (Lipinski definition) is 1. The number of hydrogen-bond acceptors (Lipinski definition) is 6. The molecule has 1 aliphatic rings. The average molecular weight is 374 g/mol. The summed E-state index contributed by atoms with van der Waals surface area (Å²) in [6.07, 6.45) is 1.33. The summed E-state index contributed by atoms with van der Waals surface area (Å²) in [7, 11) is 2.15. The second-order valence-corrected chi connectivity index (χ2v) is 7.00. The molecule has 1 fully saturated rings. The molecule has 3 rings (SSSR count). The van der Waals surface area contributed by atoms with Gasteiger partial charge in [0.15, 0.2) is 17.3 Å². The number of nitrogens with zero attached hydrogens (tertiary/aromatic N) is 4. The highest BCUT2D eigenvalue weighted by atomic mass is 35.5. The van der Waals surface area contributed by atoms with Crippen molar-refractivity contribution in [2.45, 2.75) is 26.3 Å². The van der Waals surface area contributed by atoms with E-state index in [9.17, 15) is 4.79 Å². The van der Waals surface area contributed by atoms with Crippen molar-refractivity contribution in [2.75, 3.05) is 36.9 Å². The highest BCUT2D eigenvalue weighted by Gasteiger charge is 2.21. The Morgan fingerprint density at radius 2 is 2.00 bits per heavy atom. The van der Waals surface area contributed by atoms with E-state index in [1.165, 1.54) is 5.69 Å². The smallest absolute Gasteiger partial charge is 0.172 e. The summed E-state index contributed by atoms with van der Waals surface area (Å²) in [5, 5.41) is 3.47. The molecule has 0 unspecified atom stereocenters. The van der Waals surface area contributed by atoms with Crippen LogP contribution in [0.4, 0.5) is 17.2 Å². The largest absolute Gasteiger partial charge is 0.366 e. The minimum absolute atomic E-state index is 0.267. The second kappa shape index (κ2) is 8.01. The Morgan fingerprint density at radius 3 is 2.62 bits per heavy atom. The molecule has 1 atom stereocenters. The summed E-state index contributed by atoms with van der Waals surface area (Å²) in [5.74, 6) is 0.378. The van der Waals surface area contributed by atoms with Crippen LogP contribution >= 0.6 is 11.6 Å². The number of carbonyl (C=O) groups is 1. The van der Waals surface area contributed by atoms with Crippen molar-refractivity contribution in [3.63, 3.8) is 0 Å². The van der Waals surface area contributed by atoms with Crippen LogP contribution in [0.1, 0.15) is 30.0 Å². The summed E-state index contributed by atoms with van der Waals surface area (Å²) in [6, 6.07) is 8.61. The van der Waals surface area contributed by atoms with Crippen molar-refractivity contribution in [1.29, 1.82) is 0 Å². The number of anilines is 3. The zero-order chi connectivity index (χ0) is 18.7. The number of aromatic nitrogens is 2. The molecule has 6 nitrogen and oxygen atoms in total. The number of aryl methyl sites for hydroxylation is 1. The Labute approximate surface area is 159 Å². The summed E-state index contributed by atoms with van der Waals surface area (Å²) in [6.45, 7) is 7.30. The number of carbonyl (C=O) groups excluding carboxylic acids is 1. The third-order valence-corrected chi connectivity index (χ3v) is 4.99. The quantitative estimate of drug-likeness (QED) is 0.810. The Kier molecular flexibility index (Phi) is 5.74. The SMILES string of the molecule is CCc1nc(C=O)c(Nc2ccc(N3CCN(C)C[C@@H]3C)cc2)nc1Cl. The molecular formula is C19H24ClN5O. The van der Waals surface area contributed by atoms with E-state index < -0.39 is 0 Å². The molecule has 0 spiro atoms. The van der Waals surface area contributed by atoms with E-state index in [1.54, 1.807) is 0 Å². The van der Waals surface area contributed by atoms with E-state index in [0.29, 0.717) is 35.4 Å². The van der Waals surface area contributed by atoms with Crippen LogP contribution in [-0.4, -0.2) is 53.9 Å².